The normalized spacial score (nSPS) is 16.4. The first-order valence-corrected chi connectivity index (χ1v) is 6.60. The second-order valence-corrected chi connectivity index (χ2v) is 4.75. The van der Waals surface area contributed by atoms with Crippen LogP contribution in [-0.4, -0.2) is 31.6 Å². The highest BCUT2D eigenvalue weighted by Gasteiger charge is 2.14. The third kappa shape index (κ3) is 2.85. The Labute approximate surface area is 109 Å². The van der Waals surface area contributed by atoms with Gasteiger partial charge in [-0.3, -0.25) is 4.90 Å². The monoisotopic (exact) mass is 246 g/mol. The minimum Gasteiger partial charge on any atom is -0.495 e. The predicted molar refractivity (Wildman–Crippen MR) is 76.7 cm³/mol. The van der Waals surface area contributed by atoms with Gasteiger partial charge in [0, 0.05) is 13.1 Å². The number of benzene rings is 1. The summed E-state index contributed by atoms with van der Waals surface area (Å²) in [5.74, 6) is 0.765. The molecule has 0 bridgehead atoms. The van der Waals surface area contributed by atoms with Gasteiger partial charge in [-0.2, -0.15) is 0 Å². The molecule has 0 unspecified atom stereocenters. The summed E-state index contributed by atoms with van der Waals surface area (Å²) in [6.07, 6.45) is 4.66. The van der Waals surface area contributed by atoms with E-state index in [0.29, 0.717) is 5.69 Å². The smallest absolute Gasteiger partial charge is 0.142 e. The van der Waals surface area contributed by atoms with Gasteiger partial charge < -0.3 is 10.5 Å². The Bertz CT molecular complexity index is 440. The van der Waals surface area contributed by atoms with E-state index >= 15 is 0 Å². The van der Waals surface area contributed by atoms with Gasteiger partial charge in [-0.1, -0.05) is 19.1 Å². The third-order valence-electron chi connectivity index (χ3n) is 3.37. The van der Waals surface area contributed by atoms with Gasteiger partial charge in [-0.15, -0.1) is 0 Å². The van der Waals surface area contributed by atoms with Gasteiger partial charge >= 0.3 is 0 Å². The molecule has 0 saturated heterocycles. The Morgan fingerprint density at radius 2 is 2.22 bits per heavy atom. The Morgan fingerprint density at radius 1 is 1.39 bits per heavy atom. The molecule has 0 radical (unpaired) electrons. The van der Waals surface area contributed by atoms with Gasteiger partial charge in [0.2, 0.25) is 0 Å². The zero-order valence-electron chi connectivity index (χ0n) is 11.3. The van der Waals surface area contributed by atoms with Gasteiger partial charge in [0.05, 0.1) is 12.8 Å². The van der Waals surface area contributed by atoms with Crippen LogP contribution in [-0.2, 0) is 0 Å². The Balaban J connectivity index is 2.18. The quantitative estimate of drug-likeness (QED) is 0.830. The molecule has 18 heavy (non-hydrogen) atoms. The zero-order valence-corrected chi connectivity index (χ0v) is 11.3. The van der Waals surface area contributed by atoms with Crippen molar-refractivity contribution in [2.45, 2.75) is 19.8 Å². The number of ether oxygens (including phenoxy) is 1. The van der Waals surface area contributed by atoms with Crippen molar-refractivity contribution in [3.63, 3.8) is 0 Å². The Kier molecular flexibility index (Phi) is 4.26. The van der Waals surface area contributed by atoms with E-state index in [1.807, 2.05) is 12.1 Å². The van der Waals surface area contributed by atoms with Crippen molar-refractivity contribution in [1.29, 1.82) is 0 Å². The number of nitrogens with zero attached hydrogens (tertiary/aromatic N) is 1. The number of hydrogen-bond acceptors (Lipinski definition) is 3. The maximum Gasteiger partial charge on any atom is 0.142 e. The van der Waals surface area contributed by atoms with E-state index < -0.39 is 0 Å². The van der Waals surface area contributed by atoms with Crippen molar-refractivity contribution in [2.24, 2.45) is 0 Å². The molecule has 0 spiro atoms. The second-order valence-electron chi connectivity index (χ2n) is 4.75. The van der Waals surface area contributed by atoms with Crippen LogP contribution in [0.5, 0.6) is 5.75 Å². The molecule has 0 fully saturated rings. The number of nitrogen functional groups attached to an aromatic ring is 1. The largest absolute Gasteiger partial charge is 0.495 e. The number of rotatable bonds is 4. The minimum atomic E-state index is 0.697. The van der Waals surface area contributed by atoms with E-state index in [-0.39, 0.29) is 0 Å². The molecule has 0 aromatic heterocycles. The number of methoxy groups -OCH3 is 1. The highest BCUT2D eigenvalue weighted by molar-refractivity contribution is 5.71. The van der Waals surface area contributed by atoms with Crippen LogP contribution in [0, 0.1) is 0 Å². The molecule has 0 amide bonds. The lowest BCUT2D eigenvalue weighted by Gasteiger charge is -2.27. The van der Waals surface area contributed by atoms with Crippen molar-refractivity contribution in [2.75, 3.05) is 32.5 Å². The molecule has 1 aromatic rings. The van der Waals surface area contributed by atoms with Crippen LogP contribution in [0.4, 0.5) is 5.69 Å². The van der Waals surface area contributed by atoms with Crippen LogP contribution < -0.4 is 10.5 Å². The van der Waals surface area contributed by atoms with Gasteiger partial charge in [-0.05, 0) is 42.7 Å². The summed E-state index contributed by atoms with van der Waals surface area (Å²) >= 11 is 0. The highest BCUT2D eigenvalue weighted by atomic mass is 16.5. The van der Waals surface area contributed by atoms with Crippen molar-refractivity contribution < 1.29 is 4.74 Å². The summed E-state index contributed by atoms with van der Waals surface area (Å²) in [7, 11) is 1.66. The van der Waals surface area contributed by atoms with Crippen LogP contribution in [0.1, 0.15) is 25.3 Å². The number of hydrogen-bond donors (Lipinski definition) is 1. The van der Waals surface area contributed by atoms with Crippen molar-refractivity contribution >= 4 is 11.3 Å². The summed E-state index contributed by atoms with van der Waals surface area (Å²) in [6, 6.07) is 6.05. The van der Waals surface area contributed by atoms with Crippen molar-refractivity contribution in [3.05, 3.63) is 29.8 Å². The zero-order chi connectivity index (χ0) is 13.0. The van der Waals surface area contributed by atoms with Crippen molar-refractivity contribution in [3.8, 4) is 5.75 Å². The van der Waals surface area contributed by atoms with Crippen LogP contribution >= 0.6 is 0 Å². The maximum absolute atomic E-state index is 5.85. The highest BCUT2D eigenvalue weighted by Crippen LogP contribution is 2.28. The van der Waals surface area contributed by atoms with Gasteiger partial charge in [-0.25, -0.2) is 0 Å². The molecule has 0 aliphatic carbocycles. The van der Waals surface area contributed by atoms with E-state index in [2.05, 4.69) is 24.0 Å². The molecule has 98 valence electrons. The molecule has 1 aliphatic heterocycles. The molecule has 3 heteroatoms. The van der Waals surface area contributed by atoms with Crippen LogP contribution in [0.3, 0.4) is 0 Å². The minimum absolute atomic E-state index is 0.697. The van der Waals surface area contributed by atoms with Crippen LogP contribution in [0.15, 0.2) is 24.3 Å². The Hall–Kier alpha value is -1.48. The van der Waals surface area contributed by atoms with E-state index in [4.69, 9.17) is 10.5 Å². The van der Waals surface area contributed by atoms with Crippen molar-refractivity contribution in [1.82, 2.24) is 4.90 Å². The number of nitrogens with two attached hydrogens (primary N) is 1. The van der Waals surface area contributed by atoms with Gasteiger partial charge in [0.1, 0.15) is 5.75 Å². The molecule has 1 heterocycles. The Morgan fingerprint density at radius 3 is 2.94 bits per heavy atom. The fourth-order valence-corrected chi connectivity index (χ4v) is 2.43. The van der Waals surface area contributed by atoms with Crippen LogP contribution in [0.25, 0.3) is 5.57 Å². The first kappa shape index (κ1) is 13.0. The molecular formula is C15H22N2O. The topological polar surface area (TPSA) is 38.5 Å². The fourth-order valence-electron chi connectivity index (χ4n) is 2.43. The lowest BCUT2D eigenvalue weighted by Crippen LogP contribution is -2.30. The standard InChI is InChI=1S/C15H22N2O/c1-3-8-17-9-4-5-13(11-17)12-6-7-14(16)15(10-12)18-2/h5-7,10H,3-4,8-9,11,16H2,1-2H3. The molecule has 3 nitrogen and oxygen atoms in total. The molecule has 2 rings (SSSR count). The first-order valence-electron chi connectivity index (χ1n) is 6.60. The molecule has 0 saturated carbocycles. The van der Waals surface area contributed by atoms with E-state index in [1.165, 1.54) is 30.6 Å². The summed E-state index contributed by atoms with van der Waals surface area (Å²) < 4.78 is 5.28. The third-order valence-corrected chi connectivity index (χ3v) is 3.37. The summed E-state index contributed by atoms with van der Waals surface area (Å²) in [6.45, 7) is 5.60. The summed E-state index contributed by atoms with van der Waals surface area (Å²) in [5, 5.41) is 0. The lowest BCUT2D eigenvalue weighted by molar-refractivity contribution is 0.305. The molecule has 0 atom stereocenters. The van der Waals surface area contributed by atoms with E-state index in [0.717, 1.165) is 18.7 Å². The molecular weight excluding hydrogens is 224 g/mol. The molecule has 1 aliphatic rings. The average Bonchev–Trinajstić information content (AvgIpc) is 2.40. The lowest BCUT2D eigenvalue weighted by atomic mass is 10.0. The first-order chi connectivity index (χ1) is 8.74. The number of anilines is 1. The average molecular weight is 246 g/mol. The summed E-state index contributed by atoms with van der Waals surface area (Å²) in [5.41, 5.74) is 9.15. The van der Waals surface area contributed by atoms with Gasteiger partial charge in [0.25, 0.3) is 0 Å². The molecule has 2 N–H and O–H groups in total. The SMILES string of the molecule is CCCN1CCC=C(c2ccc(N)c(OC)c2)C1. The van der Waals surface area contributed by atoms with Gasteiger partial charge in [0.15, 0.2) is 0 Å². The van der Waals surface area contributed by atoms with E-state index in [9.17, 15) is 0 Å². The molecule has 1 aromatic carbocycles. The fraction of sp³-hybridized carbons (Fsp3) is 0.467. The predicted octanol–water partition coefficient (Wildman–Crippen LogP) is 2.78. The van der Waals surface area contributed by atoms with E-state index in [1.54, 1.807) is 7.11 Å². The van der Waals surface area contributed by atoms with Crippen LogP contribution in [0.2, 0.25) is 0 Å². The summed E-state index contributed by atoms with van der Waals surface area (Å²) in [4.78, 5) is 2.50. The second kappa shape index (κ2) is 5.91. The maximum atomic E-state index is 5.85.